The Morgan fingerprint density at radius 3 is 2.50 bits per heavy atom. The number of para-hydroxylation sites is 1. The fourth-order valence-corrected chi connectivity index (χ4v) is 2.79. The van der Waals surface area contributed by atoms with Gasteiger partial charge in [-0.05, 0) is 42.5 Å². The number of hydrogen-bond donors (Lipinski definition) is 0. The number of hydrogen-bond acceptors (Lipinski definition) is 1. The Balaban J connectivity index is 1.87. The van der Waals surface area contributed by atoms with Gasteiger partial charge in [0.15, 0.2) is 0 Å². The Bertz CT molecular complexity index is 730. The van der Waals surface area contributed by atoms with Crippen LogP contribution >= 0.6 is 0 Å². The van der Waals surface area contributed by atoms with E-state index < -0.39 is 0 Å². The highest BCUT2D eigenvalue weighted by atomic mass is 14.7. The van der Waals surface area contributed by atoms with E-state index >= 15 is 0 Å². The van der Waals surface area contributed by atoms with Crippen LogP contribution in [0.25, 0.3) is 10.9 Å². The SMILES string of the molecule is Cc1ccccc1[C@H](C)Cc1ccc2ccccc2n1. The molecule has 100 valence electrons. The first-order valence-electron chi connectivity index (χ1n) is 7.14. The molecule has 0 saturated heterocycles. The average molecular weight is 261 g/mol. The molecule has 0 amide bonds. The third-order valence-electron chi connectivity index (χ3n) is 3.89. The summed E-state index contributed by atoms with van der Waals surface area (Å²) >= 11 is 0. The van der Waals surface area contributed by atoms with Crippen LogP contribution in [0, 0.1) is 6.92 Å². The Hall–Kier alpha value is -2.15. The molecule has 1 aromatic heterocycles. The number of benzene rings is 2. The Labute approximate surface area is 120 Å². The molecule has 2 aromatic carbocycles. The van der Waals surface area contributed by atoms with Gasteiger partial charge < -0.3 is 0 Å². The van der Waals surface area contributed by atoms with E-state index in [1.54, 1.807) is 0 Å². The lowest BCUT2D eigenvalue weighted by Crippen LogP contribution is -2.02. The molecule has 0 aliphatic rings. The normalized spacial score (nSPS) is 12.5. The lowest BCUT2D eigenvalue weighted by Gasteiger charge is -2.14. The van der Waals surface area contributed by atoms with Gasteiger partial charge >= 0.3 is 0 Å². The van der Waals surface area contributed by atoms with Gasteiger partial charge in [0.05, 0.1) is 5.52 Å². The van der Waals surface area contributed by atoms with Crippen LogP contribution in [-0.2, 0) is 6.42 Å². The monoisotopic (exact) mass is 261 g/mol. The van der Waals surface area contributed by atoms with E-state index in [4.69, 9.17) is 4.98 Å². The predicted octanol–water partition coefficient (Wildman–Crippen LogP) is 4.89. The van der Waals surface area contributed by atoms with Crippen molar-refractivity contribution in [3.8, 4) is 0 Å². The molecule has 3 rings (SSSR count). The molecule has 0 radical (unpaired) electrons. The van der Waals surface area contributed by atoms with Crippen LogP contribution in [0.15, 0.2) is 60.7 Å². The highest BCUT2D eigenvalue weighted by molar-refractivity contribution is 5.78. The molecule has 0 saturated carbocycles. The van der Waals surface area contributed by atoms with E-state index in [1.807, 2.05) is 6.07 Å². The molecule has 1 atom stereocenters. The Morgan fingerprint density at radius 2 is 1.65 bits per heavy atom. The molecule has 0 unspecified atom stereocenters. The van der Waals surface area contributed by atoms with Gasteiger partial charge in [0.2, 0.25) is 0 Å². The van der Waals surface area contributed by atoms with Crippen molar-refractivity contribution in [1.82, 2.24) is 4.98 Å². The van der Waals surface area contributed by atoms with Gasteiger partial charge in [-0.25, -0.2) is 0 Å². The number of nitrogens with zero attached hydrogens (tertiary/aromatic N) is 1. The van der Waals surface area contributed by atoms with Gasteiger partial charge in [-0.2, -0.15) is 0 Å². The van der Waals surface area contributed by atoms with Crippen LogP contribution in [-0.4, -0.2) is 4.98 Å². The van der Waals surface area contributed by atoms with Gasteiger partial charge in [0, 0.05) is 11.1 Å². The first-order valence-corrected chi connectivity index (χ1v) is 7.14. The van der Waals surface area contributed by atoms with E-state index in [-0.39, 0.29) is 0 Å². The van der Waals surface area contributed by atoms with Crippen molar-refractivity contribution in [2.24, 2.45) is 0 Å². The van der Waals surface area contributed by atoms with E-state index in [9.17, 15) is 0 Å². The molecule has 1 nitrogen and oxygen atoms in total. The Kier molecular flexibility index (Phi) is 3.51. The second-order valence-corrected chi connectivity index (χ2v) is 5.46. The molecule has 1 heterocycles. The van der Waals surface area contributed by atoms with Crippen molar-refractivity contribution in [3.05, 3.63) is 77.5 Å². The van der Waals surface area contributed by atoms with Crippen molar-refractivity contribution in [2.45, 2.75) is 26.2 Å². The maximum Gasteiger partial charge on any atom is 0.0705 e. The number of rotatable bonds is 3. The van der Waals surface area contributed by atoms with Crippen molar-refractivity contribution >= 4 is 10.9 Å². The van der Waals surface area contributed by atoms with E-state index in [1.165, 1.54) is 22.2 Å². The lowest BCUT2D eigenvalue weighted by atomic mass is 9.92. The van der Waals surface area contributed by atoms with Crippen molar-refractivity contribution < 1.29 is 0 Å². The summed E-state index contributed by atoms with van der Waals surface area (Å²) in [6.45, 7) is 4.46. The highest BCUT2D eigenvalue weighted by Crippen LogP contribution is 2.23. The van der Waals surface area contributed by atoms with Crippen LogP contribution in [0.3, 0.4) is 0 Å². The third-order valence-corrected chi connectivity index (χ3v) is 3.89. The molecule has 0 bridgehead atoms. The van der Waals surface area contributed by atoms with Gasteiger partial charge in [0.1, 0.15) is 0 Å². The lowest BCUT2D eigenvalue weighted by molar-refractivity contribution is 0.738. The highest BCUT2D eigenvalue weighted by Gasteiger charge is 2.10. The molecule has 0 aliphatic carbocycles. The minimum atomic E-state index is 0.491. The number of aryl methyl sites for hydroxylation is 1. The maximum absolute atomic E-state index is 4.77. The van der Waals surface area contributed by atoms with Crippen molar-refractivity contribution in [1.29, 1.82) is 0 Å². The summed E-state index contributed by atoms with van der Waals surface area (Å²) < 4.78 is 0. The molecular weight excluding hydrogens is 242 g/mol. The fraction of sp³-hybridized carbons (Fsp3) is 0.211. The summed E-state index contributed by atoms with van der Waals surface area (Å²) in [6.07, 6.45) is 0.982. The molecule has 0 spiro atoms. The van der Waals surface area contributed by atoms with Crippen molar-refractivity contribution in [3.63, 3.8) is 0 Å². The second-order valence-electron chi connectivity index (χ2n) is 5.46. The topological polar surface area (TPSA) is 12.9 Å². The van der Waals surface area contributed by atoms with Crippen LogP contribution < -0.4 is 0 Å². The van der Waals surface area contributed by atoms with Crippen molar-refractivity contribution in [2.75, 3.05) is 0 Å². The average Bonchev–Trinajstić information content (AvgIpc) is 2.47. The second kappa shape index (κ2) is 5.46. The van der Waals surface area contributed by atoms with Gasteiger partial charge in [-0.15, -0.1) is 0 Å². The van der Waals surface area contributed by atoms with Gasteiger partial charge in [-0.1, -0.05) is 55.5 Å². The summed E-state index contributed by atoms with van der Waals surface area (Å²) in [7, 11) is 0. The minimum absolute atomic E-state index is 0.491. The standard InChI is InChI=1S/C19H19N/c1-14-7-3-5-9-18(14)15(2)13-17-12-11-16-8-4-6-10-19(16)20-17/h3-12,15H,13H2,1-2H3/t15-/m1/s1. The predicted molar refractivity (Wildman–Crippen MR) is 85.0 cm³/mol. The Morgan fingerprint density at radius 1 is 0.900 bits per heavy atom. The first kappa shape index (κ1) is 12.9. The zero-order valence-electron chi connectivity index (χ0n) is 12.0. The van der Waals surface area contributed by atoms with E-state index in [2.05, 4.69) is 68.4 Å². The van der Waals surface area contributed by atoms with Gasteiger partial charge in [-0.3, -0.25) is 4.98 Å². The van der Waals surface area contributed by atoms with E-state index in [0.717, 1.165) is 11.9 Å². The zero-order valence-corrected chi connectivity index (χ0v) is 12.0. The largest absolute Gasteiger partial charge is 0.253 e. The molecule has 0 fully saturated rings. The quantitative estimate of drug-likeness (QED) is 0.654. The number of aromatic nitrogens is 1. The summed E-state index contributed by atoms with van der Waals surface area (Å²) in [4.78, 5) is 4.77. The molecule has 20 heavy (non-hydrogen) atoms. The number of pyridine rings is 1. The summed E-state index contributed by atoms with van der Waals surface area (Å²) in [6, 6.07) is 21.2. The third kappa shape index (κ3) is 2.57. The molecular formula is C19H19N. The fourth-order valence-electron chi connectivity index (χ4n) is 2.79. The molecule has 0 aliphatic heterocycles. The summed E-state index contributed by atoms with van der Waals surface area (Å²) in [5.41, 5.74) is 5.03. The molecule has 3 aromatic rings. The van der Waals surface area contributed by atoms with Gasteiger partial charge in [0.25, 0.3) is 0 Å². The minimum Gasteiger partial charge on any atom is -0.253 e. The smallest absolute Gasteiger partial charge is 0.0705 e. The zero-order chi connectivity index (χ0) is 13.9. The number of fused-ring (bicyclic) bond motifs is 1. The van der Waals surface area contributed by atoms with Crippen LogP contribution in [0.1, 0.15) is 29.7 Å². The van der Waals surface area contributed by atoms with E-state index in [0.29, 0.717) is 5.92 Å². The maximum atomic E-state index is 4.77. The summed E-state index contributed by atoms with van der Waals surface area (Å²) in [5.74, 6) is 0.491. The van der Waals surface area contributed by atoms with Crippen LogP contribution in [0.5, 0.6) is 0 Å². The first-order chi connectivity index (χ1) is 9.74. The molecule has 0 N–H and O–H groups in total. The summed E-state index contributed by atoms with van der Waals surface area (Å²) in [5, 5.41) is 1.21. The van der Waals surface area contributed by atoms with Crippen LogP contribution in [0.2, 0.25) is 0 Å². The van der Waals surface area contributed by atoms with Crippen LogP contribution in [0.4, 0.5) is 0 Å². The molecule has 1 heteroatoms.